The Balaban J connectivity index is 2.82. The summed E-state index contributed by atoms with van der Waals surface area (Å²) in [6.07, 6.45) is 1.37. The second-order valence-electron chi connectivity index (χ2n) is 2.99. The van der Waals surface area contributed by atoms with E-state index in [1.54, 1.807) is 24.3 Å². The van der Waals surface area contributed by atoms with Crippen molar-refractivity contribution in [3.63, 3.8) is 0 Å². The highest BCUT2D eigenvalue weighted by atomic mass is 16.5. The van der Waals surface area contributed by atoms with E-state index in [-0.39, 0.29) is 6.54 Å². The number of carbonyl (C=O) groups excluding carboxylic acids is 1. The Labute approximate surface area is 92.4 Å². The number of para-hydroxylation sites is 1. The van der Waals surface area contributed by atoms with Crippen molar-refractivity contribution in [3.8, 4) is 5.75 Å². The Morgan fingerprint density at radius 2 is 2.12 bits per heavy atom. The van der Waals surface area contributed by atoms with Crippen molar-refractivity contribution in [2.24, 2.45) is 4.99 Å². The minimum atomic E-state index is -1.01. The second-order valence-corrected chi connectivity index (χ2v) is 2.99. The van der Waals surface area contributed by atoms with Gasteiger partial charge in [-0.1, -0.05) is 12.1 Å². The molecule has 0 fully saturated rings. The fraction of sp³-hybridized carbons (Fsp3) is 0.182. The summed E-state index contributed by atoms with van der Waals surface area (Å²) in [7, 11) is 0. The number of hydrogen-bond acceptors (Lipinski definition) is 4. The Bertz CT molecular complexity index is 426. The van der Waals surface area contributed by atoms with E-state index in [2.05, 4.69) is 4.99 Å². The van der Waals surface area contributed by atoms with Crippen LogP contribution in [0.4, 0.5) is 0 Å². The van der Waals surface area contributed by atoms with Gasteiger partial charge < -0.3 is 9.84 Å². The lowest BCUT2D eigenvalue weighted by atomic mass is 10.2. The van der Waals surface area contributed by atoms with Crippen LogP contribution in [0.3, 0.4) is 0 Å². The predicted molar refractivity (Wildman–Crippen MR) is 57.8 cm³/mol. The molecule has 0 heterocycles. The molecule has 0 saturated heterocycles. The van der Waals surface area contributed by atoms with Crippen molar-refractivity contribution >= 4 is 18.2 Å². The first kappa shape index (κ1) is 11.9. The highest BCUT2D eigenvalue weighted by molar-refractivity contribution is 5.86. The van der Waals surface area contributed by atoms with Gasteiger partial charge in [-0.2, -0.15) is 0 Å². The van der Waals surface area contributed by atoms with Crippen molar-refractivity contribution in [1.82, 2.24) is 0 Å². The number of rotatable bonds is 4. The number of ether oxygens (including phenoxy) is 1. The molecular weight excluding hydrogens is 210 g/mol. The molecule has 0 saturated carbocycles. The van der Waals surface area contributed by atoms with Crippen molar-refractivity contribution < 1.29 is 19.4 Å². The lowest BCUT2D eigenvalue weighted by Gasteiger charge is -2.03. The summed E-state index contributed by atoms with van der Waals surface area (Å²) < 4.78 is 4.93. The van der Waals surface area contributed by atoms with Gasteiger partial charge in [-0.05, 0) is 12.1 Å². The summed E-state index contributed by atoms with van der Waals surface area (Å²) in [6, 6.07) is 6.76. The van der Waals surface area contributed by atoms with Gasteiger partial charge >= 0.3 is 11.9 Å². The number of carbonyl (C=O) groups is 2. The van der Waals surface area contributed by atoms with E-state index in [9.17, 15) is 9.59 Å². The zero-order valence-electron chi connectivity index (χ0n) is 8.71. The summed E-state index contributed by atoms with van der Waals surface area (Å²) in [5, 5.41) is 8.41. The zero-order chi connectivity index (χ0) is 12.0. The fourth-order valence-electron chi connectivity index (χ4n) is 1.06. The third kappa shape index (κ3) is 3.91. The van der Waals surface area contributed by atoms with Crippen LogP contribution in [0.25, 0.3) is 0 Å². The smallest absolute Gasteiger partial charge is 0.325 e. The molecule has 0 unspecified atom stereocenters. The number of carboxylic acids is 1. The number of aliphatic imine (C=N–C) groups is 1. The second kappa shape index (κ2) is 5.65. The average molecular weight is 221 g/mol. The molecule has 0 aromatic heterocycles. The Kier molecular flexibility index (Phi) is 4.20. The van der Waals surface area contributed by atoms with E-state index in [1.165, 1.54) is 13.1 Å². The van der Waals surface area contributed by atoms with Gasteiger partial charge in [0.1, 0.15) is 12.3 Å². The number of benzene rings is 1. The molecule has 0 spiro atoms. The van der Waals surface area contributed by atoms with E-state index < -0.39 is 11.9 Å². The largest absolute Gasteiger partial charge is 0.480 e. The average Bonchev–Trinajstić information content (AvgIpc) is 2.19. The maximum absolute atomic E-state index is 10.8. The molecule has 0 amide bonds. The molecule has 0 aliphatic heterocycles. The van der Waals surface area contributed by atoms with Crippen LogP contribution in [0.5, 0.6) is 5.75 Å². The molecule has 1 rings (SSSR count). The van der Waals surface area contributed by atoms with E-state index in [0.29, 0.717) is 11.3 Å². The van der Waals surface area contributed by atoms with Crippen molar-refractivity contribution in [2.45, 2.75) is 6.92 Å². The Hall–Kier alpha value is -2.17. The van der Waals surface area contributed by atoms with Gasteiger partial charge in [0, 0.05) is 18.7 Å². The van der Waals surface area contributed by atoms with Crippen LogP contribution in [0.1, 0.15) is 12.5 Å². The summed E-state index contributed by atoms with van der Waals surface area (Å²) in [5.41, 5.74) is 0.568. The SMILES string of the molecule is CC(=O)Oc1ccccc1C=NCC(=O)O. The minimum Gasteiger partial charge on any atom is -0.480 e. The van der Waals surface area contributed by atoms with Crippen molar-refractivity contribution in [3.05, 3.63) is 29.8 Å². The van der Waals surface area contributed by atoms with Crippen molar-refractivity contribution in [1.29, 1.82) is 0 Å². The first-order valence-corrected chi connectivity index (χ1v) is 4.58. The van der Waals surface area contributed by atoms with Gasteiger partial charge in [0.25, 0.3) is 0 Å². The first-order valence-electron chi connectivity index (χ1n) is 4.58. The molecule has 1 aromatic rings. The number of hydrogen-bond donors (Lipinski definition) is 1. The quantitative estimate of drug-likeness (QED) is 0.469. The first-order chi connectivity index (χ1) is 7.59. The maximum atomic E-state index is 10.8. The number of nitrogens with zero attached hydrogens (tertiary/aromatic N) is 1. The minimum absolute atomic E-state index is 0.311. The third-order valence-electron chi connectivity index (χ3n) is 1.63. The molecule has 0 aliphatic rings. The summed E-state index contributed by atoms with van der Waals surface area (Å²) in [6.45, 7) is 0.986. The summed E-state index contributed by atoms with van der Waals surface area (Å²) in [4.78, 5) is 24.7. The molecule has 0 radical (unpaired) electrons. The lowest BCUT2D eigenvalue weighted by molar-refractivity contribution is -0.135. The molecule has 5 nitrogen and oxygen atoms in total. The standard InChI is InChI=1S/C11H11NO4/c1-8(13)16-10-5-3-2-4-9(10)6-12-7-11(14)15/h2-6H,7H2,1H3,(H,14,15). The van der Waals surface area contributed by atoms with Crippen LogP contribution in [0.2, 0.25) is 0 Å². The van der Waals surface area contributed by atoms with Gasteiger partial charge in [0.2, 0.25) is 0 Å². The molecule has 1 N–H and O–H groups in total. The van der Waals surface area contributed by atoms with Crippen LogP contribution < -0.4 is 4.74 Å². The van der Waals surface area contributed by atoms with E-state index in [4.69, 9.17) is 9.84 Å². The van der Waals surface area contributed by atoms with Gasteiger partial charge in [0.05, 0.1) is 0 Å². The molecule has 0 atom stereocenters. The zero-order valence-corrected chi connectivity index (χ0v) is 8.71. The fourth-order valence-corrected chi connectivity index (χ4v) is 1.06. The Morgan fingerprint density at radius 3 is 2.75 bits per heavy atom. The maximum Gasteiger partial charge on any atom is 0.325 e. The van der Waals surface area contributed by atoms with E-state index in [1.807, 2.05) is 0 Å². The monoisotopic (exact) mass is 221 g/mol. The molecule has 0 bridgehead atoms. The van der Waals surface area contributed by atoms with Crippen LogP contribution in [-0.4, -0.2) is 29.8 Å². The van der Waals surface area contributed by atoms with Gasteiger partial charge in [-0.25, -0.2) is 0 Å². The van der Waals surface area contributed by atoms with Crippen LogP contribution in [-0.2, 0) is 9.59 Å². The van der Waals surface area contributed by atoms with Gasteiger partial charge in [-0.15, -0.1) is 0 Å². The van der Waals surface area contributed by atoms with Crippen LogP contribution in [0, 0.1) is 0 Å². The normalized spacial score (nSPS) is 10.3. The van der Waals surface area contributed by atoms with E-state index in [0.717, 1.165) is 0 Å². The predicted octanol–water partition coefficient (Wildman–Crippen LogP) is 1.12. The van der Waals surface area contributed by atoms with Crippen LogP contribution in [0.15, 0.2) is 29.3 Å². The summed E-state index contributed by atoms with van der Waals surface area (Å²) in [5.74, 6) is -1.08. The highest BCUT2D eigenvalue weighted by Crippen LogP contribution is 2.15. The number of aliphatic carboxylic acids is 1. The van der Waals surface area contributed by atoms with Gasteiger partial charge in [0.15, 0.2) is 0 Å². The molecule has 5 heteroatoms. The number of carboxylic acid groups (broad SMARTS) is 1. The van der Waals surface area contributed by atoms with E-state index >= 15 is 0 Å². The number of esters is 1. The molecule has 0 aliphatic carbocycles. The van der Waals surface area contributed by atoms with Gasteiger partial charge in [-0.3, -0.25) is 14.6 Å². The molecule has 1 aromatic carbocycles. The van der Waals surface area contributed by atoms with Crippen molar-refractivity contribution in [2.75, 3.05) is 6.54 Å². The molecule has 16 heavy (non-hydrogen) atoms. The Morgan fingerprint density at radius 1 is 1.44 bits per heavy atom. The molecule has 84 valence electrons. The lowest BCUT2D eigenvalue weighted by Crippen LogP contribution is -2.04. The highest BCUT2D eigenvalue weighted by Gasteiger charge is 2.02. The topological polar surface area (TPSA) is 76.0 Å². The third-order valence-corrected chi connectivity index (χ3v) is 1.63. The summed E-state index contributed by atoms with van der Waals surface area (Å²) >= 11 is 0. The molecular formula is C11H11NO4. The van der Waals surface area contributed by atoms with Crippen LogP contribution >= 0.6 is 0 Å².